The molecule has 4 N–H and O–H groups in total. The summed E-state index contributed by atoms with van der Waals surface area (Å²) in [6.07, 6.45) is 8.56. The number of nitrogens with zero attached hydrogens (tertiary/aromatic N) is 4. The summed E-state index contributed by atoms with van der Waals surface area (Å²) in [5.74, 6) is 1.39. The second kappa shape index (κ2) is 10.5. The molecular formula is C32H40N6O4. The minimum absolute atomic E-state index is 0.0673. The Bertz CT molecular complexity index is 1360. The van der Waals surface area contributed by atoms with Gasteiger partial charge in [0.1, 0.15) is 5.82 Å². The van der Waals surface area contributed by atoms with E-state index in [1.54, 1.807) is 0 Å². The number of para-hydroxylation sites is 2. The van der Waals surface area contributed by atoms with Crippen molar-refractivity contribution in [3.05, 3.63) is 42.6 Å². The summed E-state index contributed by atoms with van der Waals surface area (Å²) in [4.78, 5) is 48.3. The molecule has 3 amide bonds. The number of piperidine rings is 1. The standard InChI is InChI=1S/C32H40N6O4/c33-30(41)32-16-21-13-22(17-32)29(23(14-21)18-32)35-31(42)38-12-11-37(25-3-1-2-4-26(25)38)27-6-5-24(19-34-27)36-9-7-20(8-10-36)15-28(39)40/h1-6,19-23,29H,7-18H2,(H2,33,41)(H,35,42)(H,39,40). The molecule has 2 unspecified atom stereocenters. The molecule has 4 saturated carbocycles. The molecule has 222 valence electrons. The summed E-state index contributed by atoms with van der Waals surface area (Å²) in [7, 11) is 0. The molecule has 1 aromatic carbocycles. The first-order chi connectivity index (χ1) is 20.3. The van der Waals surface area contributed by atoms with Crippen molar-refractivity contribution in [1.82, 2.24) is 10.3 Å². The van der Waals surface area contributed by atoms with E-state index in [4.69, 9.17) is 15.8 Å². The number of aromatic nitrogens is 1. The van der Waals surface area contributed by atoms with Crippen molar-refractivity contribution in [1.29, 1.82) is 0 Å². The number of primary amides is 1. The smallest absolute Gasteiger partial charge is 0.322 e. The molecule has 3 heterocycles. The van der Waals surface area contributed by atoms with E-state index < -0.39 is 5.97 Å². The molecule has 42 heavy (non-hydrogen) atoms. The molecule has 2 aliphatic heterocycles. The molecule has 8 rings (SSSR count). The van der Waals surface area contributed by atoms with Gasteiger partial charge in [-0.15, -0.1) is 0 Å². The van der Waals surface area contributed by atoms with E-state index in [2.05, 4.69) is 21.2 Å². The number of rotatable bonds is 6. The van der Waals surface area contributed by atoms with E-state index in [0.29, 0.717) is 30.8 Å². The lowest BCUT2D eigenvalue weighted by Gasteiger charge is -2.59. The Morgan fingerprint density at radius 3 is 2.31 bits per heavy atom. The number of nitrogens with two attached hydrogens (primary N) is 1. The van der Waals surface area contributed by atoms with Crippen molar-refractivity contribution in [2.24, 2.45) is 34.8 Å². The second-order valence-corrected chi connectivity index (χ2v) is 13.3. The largest absolute Gasteiger partial charge is 0.481 e. The third-order valence-corrected chi connectivity index (χ3v) is 10.8. The Morgan fingerprint density at radius 1 is 0.952 bits per heavy atom. The fraction of sp³-hybridized carbons (Fsp3) is 0.562. The quantitative estimate of drug-likeness (QED) is 0.474. The Balaban J connectivity index is 1.03. The first-order valence-corrected chi connectivity index (χ1v) is 15.5. The number of benzene rings is 1. The zero-order valence-corrected chi connectivity index (χ0v) is 24.0. The van der Waals surface area contributed by atoms with Crippen LogP contribution in [0.25, 0.3) is 0 Å². The number of carbonyl (C=O) groups is 3. The summed E-state index contributed by atoms with van der Waals surface area (Å²) in [5.41, 5.74) is 8.37. The zero-order valence-electron chi connectivity index (χ0n) is 24.0. The summed E-state index contributed by atoms with van der Waals surface area (Å²) < 4.78 is 0. The summed E-state index contributed by atoms with van der Waals surface area (Å²) in [6, 6.07) is 12.1. The molecule has 10 heteroatoms. The van der Waals surface area contributed by atoms with Crippen LogP contribution in [0, 0.1) is 29.1 Å². The molecule has 0 radical (unpaired) electrons. The average Bonchev–Trinajstić information content (AvgIpc) is 2.98. The number of urea groups is 1. The fourth-order valence-corrected chi connectivity index (χ4v) is 8.96. The molecule has 0 spiro atoms. The highest BCUT2D eigenvalue weighted by molar-refractivity contribution is 5.98. The first-order valence-electron chi connectivity index (χ1n) is 15.5. The number of anilines is 4. The number of carboxylic acids is 1. The minimum atomic E-state index is -0.719. The molecular weight excluding hydrogens is 532 g/mol. The van der Waals surface area contributed by atoms with Gasteiger partial charge in [-0.2, -0.15) is 0 Å². The molecule has 1 saturated heterocycles. The Hall–Kier alpha value is -3.82. The maximum absolute atomic E-state index is 13.8. The van der Waals surface area contributed by atoms with Gasteiger partial charge >= 0.3 is 12.0 Å². The van der Waals surface area contributed by atoms with Gasteiger partial charge in [-0.3, -0.25) is 14.5 Å². The maximum Gasteiger partial charge on any atom is 0.322 e. The van der Waals surface area contributed by atoms with Crippen LogP contribution in [0.2, 0.25) is 0 Å². The lowest BCUT2D eigenvalue weighted by atomic mass is 9.47. The van der Waals surface area contributed by atoms with E-state index in [9.17, 15) is 14.4 Å². The summed E-state index contributed by atoms with van der Waals surface area (Å²) >= 11 is 0. The number of carbonyl (C=O) groups excluding carboxylic acids is 2. The SMILES string of the molecule is NC(=O)C12CC3CC(C1)C(NC(=O)N1CCN(c4ccc(N5CCC(CC(=O)O)CC5)cn4)c4ccccc41)C(C3)C2. The Morgan fingerprint density at radius 2 is 1.67 bits per heavy atom. The fourth-order valence-electron chi connectivity index (χ4n) is 8.96. The van der Waals surface area contributed by atoms with Gasteiger partial charge in [-0.25, -0.2) is 9.78 Å². The van der Waals surface area contributed by atoms with E-state index >= 15 is 0 Å². The van der Waals surface area contributed by atoms with Crippen LogP contribution in [-0.4, -0.2) is 60.2 Å². The first kappa shape index (κ1) is 27.0. The van der Waals surface area contributed by atoms with E-state index in [1.807, 2.05) is 41.4 Å². The average molecular weight is 573 g/mol. The van der Waals surface area contributed by atoms with Crippen molar-refractivity contribution in [2.45, 2.75) is 57.4 Å². The normalized spacial score (nSPS) is 30.2. The topological polar surface area (TPSA) is 132 Å². The highest BCUT2D eigenvalue weighted by Gasteiger charge is 2.58. The summed E-state index contributed by atoms with van der Waals surface area (Å²) in [5, 5.41) is 12.5. The third-order valence-electron chi connectivity index (χ3n) is 10.8. The highest BCUT2D eigenvalue weighted by atomic mass is 16.4. The molecule has 4 aliphatic carbocycles. The number of pyridine rings is 1. The van der Waals surface area contributed by atoms with Crippen LogP contribution in [0.5, 0.6) is 0 Å². The second-order valence-electron chi connectivity index (χ2n) is 13.3. The molecule has 10 nitrogen and oxygen atoms in total. The van der Waals surface area contributed by atoms with Gasteiger partial charge in [-0.05, 0) is 92.9 Å². The van der Waals surface area contributed by atoms with Gasteiger partial charge in [0.05, 0.1) is 23.3 Å². The lowest BCUT2D eigenvalue weighted by Crippen LogP contribution is -2.63. The van der Waals surface area contributed by atoms with E-state index in [0.717, 1.165) is 80.9 Å². The van der Waals surface area contributed by atoms with E-state index in [-0.39, 0.29) is 35.7 Å². The zero-order chi connectivity index (χ0) is 29.0. The van der Waals surface area contributed by atoms with Crippen LogP contribution in [-0.2, 0) is 9.59 Å². The predicted molar refractivity (Wildman–Crippen MR) is 160 cm³/mol. The van der Waals surface area contributed by atoms with Crippen molar-refractivity contribution in [3.8, 4) is 0 Å². The predicted octanol–water partition coefficient (Wildman–Crippen LogP) is 4.12. The van der Waals surface area contributed by atoms with Gasteiger partial charge in [0.15, 0.2) is 0 Å². The molecule has 1 aromatic heterocycles. The number of aliphatic carboxylic acids is 1. The third kappa shape index (κ3) is 4.74. The van der Waals surface area contributed by atoms with Crippen LogP contribution in [0.15, 0.2) is 42.6 Å². The monoisotopic (exact) mass is 572 g/mol. The highest BCUT2D eigenvalue weighted by Crippen LogP contribution is 2.60. The summed E-state index contributed by atoms with van der Waals surface area (Å²) in [6.45, 7) is 2.84. The molecule has 2 aromatic rings. The van der Waals surface area contributed by atoms with Crippen LogP contribution in [0.3, 0.4) is 0 Å². The van der Waals surface area contributed by atoms with Crippen molar-refractivity contribution < 1.29 is 19.5 Å². The molecule has 4 bridgehead atoms. The lowest BCUT2D eigenvalue weighted by molar-refractivity contribution is -0.145. The molecule has 2 atom stereocenters. The number of hydrogen-bond donors (Lipinski definition) is 3. The van der Waals surface area contributed by atoms with Gasteiger partial charge in [0.2, 0.25) is 5.91 Å². The van der Waals surface area contributed by atoms with Crippen LogP contribution >= 0.6 is 0 Å². The molecule has 5 fully saturated rings. The van der Waals surface area contributed by atoms with Crippen molar-refractivity contribution >= 4 is 40.8 Å². The maximum atomic E-state index is 13.8. The van der Waals surface area contributed by atoms with Gasteiger partial charge in [0, 0.05) is 44.1 Å². The van der Waals surface area contributed by atoms with Gasteiger partial charge in [-0.1, -0.05) is 12.1 Å². The number of amides is 3. The van der Waals surface area contributed by atoms with Crippen LogP contribution in [0.1, 0.15) is 51.4 Å². The Kier molecular flexibility index (Phi) is 6.74. The van der Waals surface area contributed by atoms with Gasteiger partial charge < -0.3 is 26.0 Å². The molecule has 6 aliphatic rings. The number of hydrogen-bond acceptors (Lipinski definition) is 6. The van der Waals surface area contributed by atoms with Crippen LogP contribution in [0.4, 0.5) is 27.7 Å². The van der Waals surface area contributed by atoms with Crippen molar-refractivity contribution in [2.75, 3.05) is 40.9 Å². The van der Waals surface area contributed by atoms with E-state index in [1.165, 1.54) is 0 Å². The van der Waals surface area contributed by atoms with Crippen LogP contribution < -0.4 is 25.8 Å². The number of carboxylic acid groups (broad SMARTS) is 1. The Labute approximate surface area is 246 Å². The number of nitrogens with one attached hydrogen (secondary N) is 1. The van der Waals surface area contributed by atoms with Gasteiger partial charge in [0.25, 0.3) is 0 Å². The minimum Gasteiger partial charge on any atom is -0.481 e. The number of fused-ring (bicyclic) bond motifs is 1. The van der Waals surface area contributed by atoms with Crippen molar-refractivity contribution in [3.63, 3.8) is 0 Å².